The lowest BCUT2D eigenvalue weighted by Crippen LogP contribution is -2.27. The maximum Gasteiger partial charge on any atom is 0.0688 e. The smallest absolute Gasteiger partial charge is 0.0688 e. The van der Waals surface area contributed by atoms with E-state index < -0.39 is 0 Å². The molecule has 0 saturated carbocycles. The van der Waals surface area contributed by atoms with Crippen LogP contribution >= 0.6 is 0 Å². The lowest BCUT2D eigenvalue weighted by molar-refractivity contribution is 0.570. The van der Waals surface area contributed by atoms with Crippen molar-refractivity contribution in [3.63, 3.8) is 0 Å². The molecule has 4 aromatic rings. The quantitative estimate of drug-likeness (QED) is 0.245. The highest BCUT2D eigenvalue weighted by atomic mass is 15.2. The maximum atomic E-state index is 6.69. The molecule has 0 radical (unpaired) electrons. The Morgan fingerprint density at radius 3 is 2.38 bits per heavy atom. The van der Waals surface area contributed by atoms with Crippen molar-refractivity contribution in [2.75, 3.05) is 10.6 Å². The molecule has 0 amide bonds. The zero-order valence-electron chi connectivity index (χ0n) is 23.1. The van der Waals surface area contributed by atoms with Crippen molar-refractivity contribution >= 4 is 33.9 Å². The minimum atomic E-state index is 0.174. The van der Waals surface area contributed by atoms with E-state index in [0.717, 1.165) is 29.9 Å². The molecule has 7 rings (SSSR count). The molecular weight excluding hydrogens is 472 g/mol. The maximum absolute atomic E-state index is 6.69. The molecular formula is C37H36N2. The summed E-state index contributed by atoms with van der Waals surface area (Å²) in [5.74, 6) is 0.519. The number of anilines is 3. The van der Waals surface area contributed by atoms with Gasteiger partial charge in [0.05, 0.1) is 17.1 Å². The van der Waals surface area contributed by atoms with Crippen molar-refractivity contribution in [3.05, 3.63) is 121 Å². The van der Waals surface area contributed by atoms with Crippen LogP contribution in [0.15, 0.2) is 109 Å². The van der Waals surface area contributed by atoms with Crippen LogP contribution in [-0.2, 0) is 6.42 Å². The van der Waals surface area contributed by atoms with Gasteiger partial charge in [-0.15, -0.1) is 0 Å². The summed E-state index contributed by atoms with van der Waals surface area (Å²) >= 11 is 0. The summed E-state index contributed by atoms with van der Waals surface area (Å²) in [5, 5.41) is 2.61. The predicted octanol–water partition coefficient (Wildman–Crippen LogP) is 10.1. The number of nitrogen functional groups attached to an aromatic ring is 1. The zero-order valence-corrected chi connectivity index (χ0v) is 23.1. The topological polar surface area (TPSA) is 29.3 Å². The Balaban J connectivity index is 0.00000135. The van der Waals surface area contributed by atoms with Crippen molar-refractivity contribution in [2.24, 2.45) is 11.8 Å². The van der Waals surface area contributed by atoms with Crippen LogP contribution in [0, 0.1) is 11.8 Å². The summed E-state index contributed by atoms with van der Waals surface area (Å²) in [5.41, 5.74) is 18.8. The van der Waals surface area contributed by atoms with E-state index in [1.807, 2.05) is 26.0 Å². The predicted molar refractivity (Wildman–Crippen MR) is 170 cm³/mol. The van der Waals surface area contributed by atoms with Gasteiger partial charge in [-0.2, -0.15) is 0 Å². The van der Waals surface area contributed by atoms with Gasteiger partial charge in [-0.3, -0.25) is 0 Å². The Morgan fingerprint density at radius 2 is 1.59 bits per heavy atom. The lowest BCUT2D eigenvalue weighted by atomic mass is 9.83. The second-order valence-electron chi connectivity index (χ2n) is 10.4. The van der Waals surface area contributed by atoms with Crippen molar-refractivity contribution in [3.8, 4) is 22.3 Å². The Labute approximate surface area is 232 Å². The van der Waals surface area contributed by atoms with Crippen molar-refractivity contribution in [1.82, 2.24) is 0 Å². The van der Waals surface area contributed by atoms with E-state index in [2.05, 4.69) is 103 Å². The number of fused-ring (bicyclic) bond motifs is 5. The first-order chi connectivity index (χ1) is 19.1. The van der Waals surface area contributed by atoms with Gasteiger partial charge in [0, 0.05) is 22.6 Å². The van der Waals surface area contributed by atoms with Crippen LogP contribution in [0.2, 0.25) is 0 Å². The zero-order chi connectivity index (χ0) is 27.1. The van der Waals surface area contributed by atoms with Crippen molar-refractivity contribution < 1.29 is 0 Å². The summed E-state index contributed by atoms with van der Waals surface area (Å²) in [6.45, 7) is 11.0. The molecule has 0 heterocycles. The van der Waals surface area contributed by atoms with Crippen molar-refractivity contribution in [2.45, 2.75) is 33.6 Å². The molecule has 0 aliphatic heterocycles. The number of hydrogen-bond acceptors (Lipinski definition) is 2. The average molecular weight is 509 g/mol. The van der Waals surface area contributed by atoms with Gasteiger partial charge in [-0.25, -0.2) is 0 Å². The number of para-hydroxylation sites is 2. The highest BCUT2D eigenvalue weighted by molar-refractivity contribution is 6.21. The number of rotatable bonds is 4. The van der Waals surface area contributed by atoms with E-state index in [9.17, 15) is 0 Å². The molecule has 3 aliphatic carbocycles. The molecule has 3 aliphatic rings. The van der Waals surface area contributed by atoms with E-state index in [1.54, 1.807) is 0 Å². The van der Waals surface area contributed by atoms with E-state index in [1.165, 1.54) is 49.8 Å². The first-order valence-corrected chi connectivity index (χ1v) is 14.2. The van der Waals surface area contributed by atoms with Gasteiger partial charge in [-0.05, 0) is 64.1 Å². The Morgan fingerprint density at radius 1 is 0.872 bits per heavy atom. The molecule has 0 spiro atoms. The van der Waals surface area contributed by atoms with Gasteiger partial charge in [-0.1, -0.05) is 118 Å². The lowest BCUT2D eigenvalue weighted by Gasteiger charge is -2.37. The van der Waals surface area contributed by atoms with E-state index in [-0.39, 0.29) is 5.92 Å². The normalized spacial score (nSPS) is 17.8. The summed E-state index contributed by atoms with van der Waals surface area (Å²) < 4.78 is 0. The third-order valence-electron chi connectivity index (χ3n) is 8.27. The Bertz CT molecular complexity index is 1680. The summed E-state index contributed by atoms with van der Waals surface area (Å²) in [7, 11) is 0. The number of benzene rings is 4. The second kappa shape index (κ2) is 10.1. The number of hydrogen-bond donors (Lipinski definition) is 1. The van der Waals surface area contributed by atoms with Crippen LogP contribution < -0.4 is 10.6 Å². The molecule has 2 atom stereocenters. The van der Waals surface area contributed by atoms with E-state index >= 15 is 0 Å². The van der Waals surface area contributed by atoms with E-state index in [0.29, 0.717) is 5.92 Å². The molecule has 0 aromatic heterocycles. The van der Waals surface area contributed by atoms with Gasteiger partial charge in [0.25, 0.3) is 0 Å². The molecule has 2 nitrogen and oxygen atoms in total. The number of allylic oxidation sites excluding steroid dienone is 5. The summed E-state index contributed by atoms with van der Waals surface area (Å²) in [6.07, 6.45) is 15.5. The largest absolute Gasteiger partial charge is 0.397 e. The van der Waals surface area contributed by atoms with Gasteiger partial charge >= 0.3 is 0 Å². The summed E-state index contributed by atoms with van der Waals surface area (Å²) in [4.78, 5) is 2.36. The Hall–Kier alpha value is -4.30. The van der Waals surface area contributed by atoms with Crippen LogP contribution in [0.3, 0.4) is 0 Å². The van der Waals surface area contributed by atoms with Crippen LogP contribution in [-0.4, -0.2) is 0 Å². The third-order valence-corrected chi connectivity index (χ3v) is 8.27. The molecule has 194 valence electrons. The molecule has 2 heteroatoms. The van der Waals surface area contributed by atoms with E-state index in [4.69, 9.17) is 12.3 Å². The fourth-order valence-corrected chi connectivity index (χ4v) is 6.55. The molecule has 2 unspecified atom stereocenters. The molecule has 0 saturated heterocycles. The third kappa shape index (κ3) is 3.86. The van der Waals surface area contributed by atoms with Gasteiger partial charge in [0.1, 0.15) is 0 Å². The van der Waals surface area contributed by atoms with Crippen LogP contribution in [0.5, 0.6) is 0 Å². The number of nitrogens with two attached hydrogens (primary N) is 1. The summed E-state index contributed by atoms with van der Waals surface area (Å²) in [6, 6.07) is 23.8. The fourth-order valence-electron chi connectivity index (χ4n) is 6.55. The van der Waals surface area contributed by atoms with Gasteiger partial charge < -0.3 is 10.6 Å². The molecule has 39 heavy (non-hydrogen) atoms. The molecule has 4 aromatic carbocycles. The average Bonchev–Trinajstić information content (AvgIpc) is 3.32. The second-order valence-corrected chi connectivity index (χ2v) is 10.4. The first kappa shape index (κ1) is 25.0. The highest BCUT2D eigenvalue weighted by Gasteiger charge is 2.33. The molecule has 2 N–H and O–H groups in total. The van der Waals surface area contributed by atoms with Crippen LogP contribution in [0.4, 0.5) is 17.1 Å². The highest BCUT2D eigenvalue weighted by Crippen LogP contribution is 2.55. The molecule has 0 fully saturated rings. The van der Waals surface area contributed by atoms with Crippen molar-refractivity contribution in [1.29, 1.82) is 0 Å². The van der Waals surface area contributed by atoms with Crippen LogP contribution in [0.1, 0.15) is 38.3 Å². The minimum absolute atomic E-state index is 0.174. The van der Waals surface area contributed by atoms with Gasteiger partial charge in [0.2, 0.25) is 0 Å². The van der Waals surface area contributed by atoms with Crippen LogP contribution in [0.25, 0.3) is 39.1 Å². The fraction of sp³-hybridized carbons (Fsp3) is 0.189. The Kier molecular flexibility index (Phi) is 6.48. The first-order valence-electron chi connectivity index (χ1n) is 14.2. The SMILES string of the molecule is C=C(C1C=CC=CC1C)N(c1ccccc1N)c1c2c(c3c4c(cccc14)-c1ccccc1-3)CCC=C2.CC. The number of nitrogens with zero attached hydrogens (tertiary/aromatic N) is 1. The van der Waals surface area contributed by atoms with Gasteiger partial charge in [0.15, 0.2) is 0 Å². The standard InChI is InChI=1S/C35H30N2.C2H6/c1-22-12-3-4-13-24(22)23(2)37(32-21-10-9-20-31(32)36)35-29-17-8-7-16-28(29)33-26-15-6-5-14-25(26)27-18-11-19-30(35)34(27)33;1-2/h3-6,8-15,17-22,24H,2,7,16,36H2,1H3;1-2H3. The molecule has 0 bridgehead atoms. The minimum Gasteiger partial charge on any atom is -0.397 e. The monoisotopic (exact) mass is 508 g/mol.